The van der Waals surface area contributed by atoms with Crippen molar-refractivity contribution < 1.29 is 23.4 Å². The van der Waals surface area contributed by atoms with Crippen LogP contribution in [0.25, 0.3) is 0 Å². The number of ether oxygens (including phenoxy) is 2. The number of aliphatic hydroxyl groups excluding tert-OH is 1. The Hall–Kier alpha value is -1.46. The van der Waals surface area contributed by atoms with Crippen LogP contribution in [0.5, 0.6) is 5.75 Å². The minimum absolute atomic E-state index is 0.00712. The quantitative estimate of drug-likeness (QED) is 0.490. The summed E-state index contributed by atoms with van der Waals surface area (Å²) in [5.41, 5.74) is 0.511. The number of rotatable bonds is 6. The molecule has 0 aromatic heterocycles. The number of hydrogen-bond acceptors (Lipinski definition) is 3. The van der Waals surface area contributed by atoms with Crippen LogP contribution in [-0.2, 0) is 4.74 Å². The molecule has 1 aliphatic heterocycles. The Bertz CT molecular complexity index is 766. The van der Waals surface area contributed by atoms with E-state index >= 15 is 0 Å². The Morgan fingerprint density at radius 2 is 1.56 bits per heavy atom. The molecule has 0 spiro atoms. The Balaban J connectivity index is 1.27. The second-order valence-corrected chi connectivity index (χ2v) is 10.0. The van der Waals surface area contributed by atoms with Gasteiger partial charge in [0.05, 0.1) is 12.7 Å². The largest absolute Gasteiger partial charge is 0.491 e. The maximum atomic E-state index is 14.6. The molecule has 0 bridgehead atoms. The van der Waals surface area contributed by atoms with E-state index in [9.17, 15) is 13.9 Å². The Labute approximate surface area is 191 Å². The second-order valence-electron chi connectivity index (χ2n) is 10.0. The van der Waals surface area contributed by atoms with Crippen molar-refractivity contribution in [3.05, 3.63) is 42.0 Å². The van der Waals surface area contributed by atoms with Gasteiger partial charge in [-0.2, -0.15) is 4.39 Å². The SMILES string of the molecule is C=CC1CCC(C2CCC(C3CCC(c4ccc(OCC)c(F)c4F)CC3)CC2)C(O)O1. The molecule has 1 aromatic carbocycles. The lowest BCUT2D eigenvalue weighted by Crippen LogP contribution is -2.39. The molecule has 1 N–H and O–H groups in total. The van der Waals surface area contributed by atoms with Crippen molar-refractivity contribution in [2.75, 3.05) is 6.61 Å². The normalized spacial score (nSPS) is 35.9. The predicted molar refractivity (Wildman–Crippen MR) is 121 cm³/mol. The minimum Gasteiger partial charge on any atom is -0.491 e. The van der Waals surface area contributed by atoms with Crippen LogP contribution < -0.4 is 4.74 Å². The van der Waals surface area contributed by atoms with E-state index in [0.29, 0.717) is 24.0 Å². The van der Waals surface area contributed by atoms with Gasteiger partial charge in [-0.05, 0) is 106 Å². The number of benzene rings is 1. The fraction of sp³-hybridized carbons (Fsp3) is 0.704. The summed E-state index contributed by atoms with van der Waals surface area (Å²) in [5.74, 6) is 0.722. The summed E-state index contributed by atoms with van der Waals surface area (Å²) in [4.78, 5) is 0. The van der Waals surface area contributed by atoms with Gasteiger partial charge in [0.2, 0.25) is 5.82 Å². The van der Waals surface area contributed by atoms with E-state index in [1.165, 1.54) is 12.8 Å². The standard InChI is InChI=1S/C27H38F2O3/c1-3-21-13-14-23(27(30)32-21)20-11-7-18(8-12-20)17-5-9-19(10-6-17)22-15-16-24(31-4-2)26(29)25(22)28/h3,15-21,23,27,30H,1,4-14H2,2H3. The molecule has 1 aromatic rings. The summed E-state index contributed by atoms with van der Waals surface area (Å²) in [7, 11) is 0. The van der Waals surface area contributed by atoms with Gasteiger partial charge in [-0.25, -0.2) is 4.39 Å². The van der Waals surface area contributed by atoms with Crippen molar-refractivity contribution in [2.24, 2.45) is 23.7 Å². The van der Waals surface area contributed by atoms with Crippen molar-refractivity contribution >= 4 is 0 Å². The van der Waals surface area contributed by atoms with Crippen molar-refractivity contribution in [2.45, 2.75) is 89.4 Å². The monoisotopic (exact) mass is 448 g/mol. The smallest absolute Gasteiger partial charge is 0.200 e. The molecule has 0 amide bonds. The first-order chi connectivity index (χ1) is 15.5. The zero-order chi connectivity index (χ0) is 22.7. The molecule has 3 nitrogen and oxygen atoms in total. The van der Waals surface area contributed by atoms with Crippen LogP contribution in [0.4, 0.5) is 8.78 Å². The van der Waals surface area contributed by atoms with E-state index < -0.39 is 17.9 Å². The van der Waals surface area contributed by atoms with E-state index in [1.807, 2.05) is 0 Å². The first-order valence-electron chi connectivity index (χ1n) is 12.6. The minimum atomic E-state index is -0.849. The lowest BCUT2D eigenvalue weighted by Gasteiger charge is -2.42. The zero-order valence-electron chi connectivity index (χ0n) is 19.3. The summed E-state index contributed by atoms with van der Waals surface area (Å²) >= 11 is 0. The Kier molecular flexibility index (Phi) is 7.88. The maximum absolute atomic E-state index is 14.6. The zero-order valence-corrected chi connectivity index (χ0v) is 19.3. The van der Waals surface area contributed by atoms with Crippen LogP contribution in [0.15, 0.2) is 24.8 Å². The fourth-order valence-electron chi connectivity index (χ4n) is 6.56. The van der Waals surface area contributed by atoms with Crippen LogP contribution in [0.2, 0.25) is 0 Å². The molecular weight excluding hydrogens is 410 g/mol. The maximum Gasteiger partial charge on any atom is 0.200 e. The molecule has 2 saturated carbocycles. The van der Waals surface area contributed by atoms with E-state index in [1.54, 1.807) is 25.1 Å². The lowest BCUT2D eigenvalue weighted by molar-refractivity contribution is -0.195. The summed E-state index contributed by atoms with van der Waals surface area (Å²) in [6.45, 7) is 5.87. The van der Waals surface area contributed by atoms with E-state index in [-0.39, 0.29) is 23.7 Å². The predicted octanol–water partition coefficient (Wildman–Crippen LogP) is 6.74. The fourth-order valence-corrected chi connectivity index (χ4v) is 6.56. The molecule has 32 heavy (non-hydrogen) atoms. The number of hydrogen-bond donors (Lipinski definition) is 1. The van der Waals surface area contributed by atoms with Gasteiger partial charge in [0.1, 0.15) is 0 Å². The van der Waals surface area contributed by atoms with Crippen LogP contribution in [-0.4, -0.2) is 24.1 Å². The average Bonchev–Trinajstić information content (AvgIpc) is 2.82. The first-order valence-corrected chi connectivity index (χ1v) is 12.6. The Morgan fingerprint density at radius 1 is 0.938 bits per heavy atom. The summed E-state index contributed by atoms with van der Waals surface area (Å²) in [6, 6.07) is 3.29. The van der Waals surface area contributed by atoms with Crippen LogP contribution in [0.3, 0.4) is 0 Å². The van der Waals surface area contributed by atoms with Gasteiger partial charge >= 0.3 is 0 Å². The summed E-state index contributed by atoms with van der Waals surface area (Å²) < 4.78 is 39.8. The molecule has 4 rings (SSSR count). The molecule has 3 fully saturated rings. The highest BCUT2D eigenvalue weighted by Crippen LogP contribution is 2.47. The van der Waals surface area contributed by atoms with Gasteiger partial charge < -0.3 is 14.6 Å². The third-order valence-electron chi connectivity index (χ3n) is 8.40. The van der Waals surface area contributed by atoms with Gasteiger partial charge in [0, 0.05) is 5.92 Å². The third kappa shape index (κ3) is 5.04. The van der Waals surface area contributed by atoms with Gasteiger partial charge in [-0.15, -0.1) is 6.58 Å². The van der Waals surface area contributed by atoms with E-state index in [4.69, 9.17) is 9.47 Å². The molecule has 1 heterocycles. The molecule has 178 valence electrons. The number of halogens is 2. The van der Waals surface area contributed by atoms with Gasteiger partial charge in [0.25, 0.3) is 0 Å². The molecule has 3 aliphatic rings. The van der Waals surface area contributed by atoms with Crippen LogP contribution >= 0.6 is 0 Å². The lowest BCUT2D eigenvalue weighted by atomic mass is 9.66. The van der Waals surface area contributed by atoms with Crippen molar-refractivity contribution in [3.63, 3.8) is 0 Å². The molecule has 2 aliphatic carbocycles. The molecule has 5 heteroatoms. The molecular formula is C27H38F2O3. The van der Waals surface area contributed by atoms with E-state index in [0.717, 1.165) is 57.3 Å². The third-order valence-corrected chi connectivity index (χ3v) is 8.40. The Morgan fingerprint density at radius 3 is 2.16 bits per heavy atom. The molecule has 3 atom stereocenters. The summed E-state index contributed by atoms with van der Waals surface area (Å²) in [5, 5.41) is 10.4. The van der Waals surface area contributed by atoms with Gasteiger partial charge in [-0.1, -0.05) is 12.1 Å². The van der Waals surface area contributed by atoms with Gasteiger partial charge in [-0.3, -0.25) is 0 Å². The molecule has 1 saturated heterocycles. The van der Waals surface area contributed by atoms with Crippen LogP contribution in [0.1, 0.15) is 82.6 Å². The number of aliphatic hydroxyl groups is 1. The topological polar surface area (TPSA) is 38.7 Å². The highest BCUT2D eigenvalue weighted by atomic mass is 19.2. The van der Waals surface area contributed by atoms with Gasteiger partial charge in [0.15, 0.2) is 17.9 Å². The van der Waals surface area contributed by atoms with Crippen molar-refractivity contribution in [3.8, 4) is 5.75 Å². The molecule has 0 radical (unpaired) electrons. The summed E-state index contributed by atoms with van der Waals surface area (Å²) in [6.07, 6.45) is 11.9. The first kappa shape index (κ1) is 23.7. The average molecular weight is 449 g/mol. The highest BCUT2D eigenvalue weighted by Gasteiger charge is 2.38. The van der Waals surface area contributed by atoms with E-state index in [2.05, 4.69) is 6.58 Å². The molecule has 3 unspecified atom stereocenters. The van der Waals surface area contributed by atoms with Crippen molar-refractivity contribution in [1.82, 2.24) is 0 Å². The van der Waals surface area contributed by atoms with Crippen molar-refractivity contribution in [1.29, 1.82) is 0 Å². The second kappa shape index (κ2) is 10.6. The highest BCUT2D eigenvalue weighted by molar-refractivity contribution is 5.33. The van der Waals surface area contributed by atoms with Crippen LogP contribution in [0, 0.1) is 35.3 Å².